The number of aromatic nitrogens is 1. The lowest BCUT2D eigenvalue weighted by molar-refractivity contribution is 0.0896. The number of hydrogen-bond donors (Lipinski definition) is 0. The molecule has 1 amide bonds. The van der Waals surface area contributed by atoms with Gasteiger partial charge in [-0.3, -0.25) is 9.69 Å². The summed E-state index contributed by atoms with van der Waals surface area (Å²) in [5.41, 5.74) is 1.47. The van der Waals surface area contributed by atoms with Gasteiger partial charge in [0.15, 0.2) is 22.2 Å². The minimum Gasteiger partial charge on any atom is -0.490 e. The number of furan rings is 1. The molecule has 1 aliphatic rings. The quantitative estimate of drug-likeness (QED) is 0.424. The lowest BCUT2D eigenvalue weighted by atomic mass is 10.2. The van der Waals surface area contributed by atoms with Crippen LogP contribution < -0.4 is 9.64 Å². The van der Waals surface area contributed by atoms with E-state index in [0.717, 1.165) is 35.1 Å². The number of carbonyl (C=O) groups excluding carboxylic acids is 1. The molecule has 30 heavy (non-hydrogen) atoms. The minimum atomic E-state index is -0.219. The third-order valence-electron chi connectivity index (χ3n) is 5.19. The van der Waals surface area contributed by atoms with E-state index in [-0.39, 0.29) is 17.8 Å². The number of para-hydroxylation sites is 2. The molecule has 0 N–H and O–H groups in total. The van der Waals surface area contributed by atoms with Crippen molar-refractivity contribution >= 4 is 43.6 Å². The van der Waals surface area contributed by atoms with Crippen LogP contribution in [0.25, 0.3) is 21.2 Å². The average molecular weight is 423 g/mol. The lowest BCUT2D eigenvalue weighted by Crippen LogP contribution is -2.37. The van der Waals surface area contributed by atoms with E-state index in [1.165, 1.54) is 11.3 Å². The first-order valence-corrected chi connectivity index (χ1v) is 11.0. The largest absolute Gasteiger partial charge is 0.490 e. The second kappa shape index (κ2) is 8.08. The molecule has 1 aliphatic heterocycles. The normalized spacial score (nSPS) is 16.4. The zero-order valence-corrected chi connectivity index (χ0v) is 17.5. The van der Waals surface area contributed by atoms with Crippen molar-refractivity contribution in [3.8, 4) is 5.75 Å². The van der Waals surface area contributed by atoms with E-state index in [4.69, 9.17) is 18.9 Å². The fourth-order valence-electron chi connectivity index (χ4n) is 3.76. The van der Waals surface area contributed by atoms with Gasteiger partial charge in [-0.15, -0.1) is 0 Å². The van der Waals surface area contributed by atoms with E-state index < -0.39 is 0 Å². The molecule has 1 unspecified atom stereocenters. The zero-order valence-electron chi connectivity index (χ0n) is 16.7. The molecule has 0 aliphatic carbocycles. The highest BCUT2D eigenvalue weighted by atomic mass is 32.1. The number of ether oxygens (including phenoxy) is 2. The maximum atomic E-state index is 13.6. The molecule has 7 heteroatoms. The number of rotatable bonds is 6. The van der Waals surface area contributed by atoms with Crippen LogP contribution in [0, 0.1) is 0 Å². The number of hydrogen-bond acceptors (Lipinski definition) is 6. The van der Waals surface area contributed by atoms with Gasteiger partial charge in [-0.1, -0.05) is 35.6 Å². The van der Waals surface area contributed by atoms with Gasteiger partial charge >= 0.3 is 0 Å². The predicted molar refractivity (Wildman–Crippen MR) is 118 cm³/mol. The molecule has 0 saturated carbocycles. The number of carbonyl (C=O) groups is 1. The van der Waals surface area contributed by atoms with Crippen LogP contribution in [0.1, 0.15) is 30.3 Å². The second-order valence-electron chi connectivity index (χ2n) is 7.23. The number of nitrogens with zero attached hydrogens (tertiary/aromatic N) is 2. The average Bonchev–Trinajstić information content (AvgIpc) is 3.50. The molecule has 1 fully saturated rings. The van der Waals surface area contributed by atoms with Crippen LogP contribution in [0.4, 0.5) is 5.13 Å². The third-order valence-corrected chi connectivity index (χ3v) is 6.25. The van der Waals surface area contributed by atoms with E-state index in [1.54, 1.807) is 11.0 Å². The summed E-state index contributed by atoms with van der Waals surface area (Å²) in [4.78, 5) is 19.9. The SMILES string of the molecule is CCOc1cccc2cc(C(=O)N(CC3CCCO3)c3nc4ccccc4s3)oc12. The summed E-state index contributed by atoms with van der Waals surface area (Å²) >= 11 is 1.50. The van der Waals surface area contributed by atoms with Crippen LogP contribution in [0.5, 0.6) is 5.75 Å². The molecule has 5 rings (SSSR count). The fraction of sp³-hybridized carbons (Fsp3) is 0.304. The van der Waals surface area contributed by atoms with Crippen molar-refractivity contribution in [1.82, 2.24) is 4.98 Å². The smallest absolute Gasteiger partial charge is 0.295 e. The van der Waals surface area contributed by atoms with Gasteiger partial charge in [0.05, 0.1) is 29.5 Å². The van der Waals surface area contributed by atoms with E-state index in [0.29, 0.717) is 29.6 Å². The first-order chi connectivity index (χ1) is 14.7. The highest BCUT2D eigenvalue weighted by Crippen LogP contribution is 2.33. The van der Waals surface area contributed by atoms with Gasteiger partial charge in [-0.25, -0.2) is 4.98 Å². The first kappa shape index (κ1) is 19.1. The van der Waals surface area contributed by atoms with Crippen molar-refractivity contribution in [3.63, 3.8) is 0 Å². The molecule has 154 valence electrons. The molecule has 1 saturated heterocycles. The molecule has 0 spiro atoms. The Bertz CT molecular complexity index is 1160. The highest BCUT2D eigenvalue weighted by Gasteiger charge is 2.29. The minimum absolute atomic E-state index is 0.00401. The summed E-state index contributed by atoms with van der Waals surface area (Å²) in [6, 6.07) is 15.3. The van der Waals surface area contributed by atoms with Crippen LogP contribution in [0.3, 0.4) is 0 Å². The number of amides is 1. The molecule has 6 nitrogen and oxygen atoms in total. The van der Waals surface area contributed by atoms with Gasteiger partial charge in [-0.05, 0) is 44.0 Å². The Morgan fingerprint density at radius 1 is 1.27 bits per heavy atom. The fourth-order valence-corrected chi connectivity index (χ4v) is 4.73. The van der Waals surface area contributed by atoms with E-state index in [2.05, 4.69) is 0 Å². The summed E-state index contributed by atoms with van der Waals surface area (Å²) in [7, 11) is 0. The molecule has 0 radical (unpaired) electrons. The Kier molecular flexibility index (Phi) is 5.14. The van der Waals surface area contributed by atoms with Gasteiger partial charge in [0, 0.05) is 12.0 Å². The maximum absolute atomic E-state index is 13.6. The number of thiazole rings is 1. The zero-order chi connectivity index (χ0) is 20.5. The molecule has 1 atom stereocenters. The molecule has 0 bridgehead atoms. The van der Waals surface area contributed by atoms with Gasteiger partial charge in [0.2, 0.25) is 0 Å². The Morgan fingerprint density at radius 3 is 2.97 bits per heavy atom. The summed E-state index contributed by atoms with van der Waals surface area (Å²) in [6.45, 7) is 3.63. The molecule has 4 aromatic rings. The molecule has 2 aromatic heterocycles. The van der Waals surface area contributed by atoms with Crippen molar-refractivity contribution in [3.05, 3.63) is 54.3 Å². The number of benzene rings is 2. The van der Waals surface area contributed by atoms with Gasteiger partial charge < -0.3 is 13.9 Å². The van der Waals surface area contributed by atoms with Crippen molar-refractivity contribution in [2.75, 3.05) is 24.7 Å². The van der Waals surface area contributed by atoms with Crippen LogP contribution in [-0.4, -0.2) is 36.8 Å². The summed E-state index contributed by atoms with van der Waals surface area (Å²) in [6.07, 6.45) is 1.95. The second-order valence-corrected chi connectivity index (χ2v) is 8.24. The Morgan fingerprint density at radius 2 is 2.17 bits per heavy atom. The summed E-state index contributed by atoms with van der Waals surface area (Å²) in [5, 5.41) is 1.49. The monoisotopic (exact) mass is 422 g/mol. The Balaban J connectivity index is 1.53. The molecular formula is C23H22N2O4S. The van der Waals surface area contributed by atoms with E-state index in [1.807, 2.05) is 49.4 Å². The van der Waals surface area contributed by atoms with Crippen LogP contribution in [0.2, 0.25) is 0 Å². The molecular weight excluding hydrogens is 400 g/mol. The summed E-state index contributed by atoms with van der Waals surface area (Å²) in [5.74, 6) is 0.692. The standard InChI is InChI=1S/C23H22N2O4S/c1-2-27-18-10-5-7-15-13-19(29-21(15)18)22(26)25(14-16-8-6-12-28-16)23-24-17-9-3-4-11-20(17)30-23/h3-5,7,9-11,13,16H,2,6,8,12,14H2,1H3. The molecule has 3 heterocycles. The van der Waals surface area contributed by atoms with Crippen molar-refractivity contribution in [1.29, 1.82) is 0 Å². The van der Waals surface area contributed by atoms with Gasteiger partial charge in [0.25, 0.3) is 5.91 Å². The number of fused-ring (bicyclic) bond motifs is 2. The lowest BCUT2D eigenvalue weighted by Gasteiger charge is -2.22. The summed E-state index contributed by atoms with van der Waals surface area (Å²) < 4.78 is 18.5. The van der Waals surface area contributed by atoms with Crippen molar-refractivity contribution in [2.45, 2.75) is 25.9 Å². The van der Waals surface area contributed by atoms with Crippen LogP contribution in [-0.2, 0) is 4.74 Å². The van der Waals surface area contributed by atoms with Gasteiger partial charge in [0.1, 0.15) is 0 Å². The topological polar surface area (TPSA) is 64.8 Å². The molecule has 2 aromatic carbocycles. The van der Waals surface area contributed by atoms with Crippen molar-refractivity contribution < 1.29 is 18.7 Å². The van der Waals surface area contributed by atoms with E-state index >= 15 is 0 Å². The number of anilines is 1. The first-order valence-electron chi connectivity index (χ1n) is 10.2. The Labute approximate surface area is 178 Å². The Hall–Kier alpha value is -2.90. The van der Waals surface area contributed by atoms with E-state index in [9.17, 15) is 4.79 Å². The maximum Gasteiger partial charge on any atom is 0.295 e. The predicted octanol–water partition coefficient (Wildman–Crippen LogP) is 5.27. The highest BCUT2D eigenvalue weighted by molar-refractivity contribution is 7.22. The van der Waals surface area contributed by atoms with Gasteiger partial charge in [-0.2, -0.15) is 0 Å². The third kappa shape index (κ3) is 3.55. The van der Waals surface area contributed by atoms with Crippen LogP contribution >= 0.6 is 11.3 Å². The van der Waals surface area contributed by atoms with Crippen LogP contribution in [0.15, 0.2) is 52.9 Å². The van der Waals surface area contributed by atoms with Crippen molar-refractivity contribution in [2.24, 2.45) is 0 Å².